The number of aliphatic carboxylic acids is 1. The van der Waals surface area contributed by atoms with Crippen LogP contribution in [0.25, 0.3) is 0 Å². The maximum absolute atomic E-state index is 13.7. The van der Waals surface area contributed by atoms with Crippen molar-refractivity contribution in [2.24, 2.45) is 11.5 Å². The number of aliphatic hydroxyl groups excluding tert-OH is 1. The van der Waals surface area contributed by atoms with Crippen LogP contribution in [0.1, 0.15) is 44.6 Å². The molecule has 0 saturated carbocycles. The van der Waals surface area contributed by atoms with E-state index in [1.54, 1.807) is 12.1 Å². The van der Waals surface area contributed by atoms with E-state index in [9.17, 15) is 48.6 Å². The van der Waals surface area contributed by atoms with Crippen molar-refractivity contribution in [2.45, 2.75) is 81.8 Å². The summed E-state index contributed by atoms with van der Waals surface area (Å²) in [6.45, 7) is 0.222. The first-order chi connectivity index (χ1) is 23.6. The average Bonchev–Trinajstić information content (AvgIpc) is 3.71. The first-order valence-corrected chi connectivity index (χ1v) is 16.0. The van der Waals surface area contributed by atoms with Crippen LogP contribution in [0.15, 0.2) is 24.3 Å². The molecule has 19 heteroatoms. The zero-order valence-electron chi connectivity index (χ0n) is 27.5. The quantitative estimate of drug-likeness (QED) is 0.0791. The van der Waals surface area contributed by atoms with Gasteiger partial charge in [0.2, 0.25) is 41.4 Å². The molecule has 2 heterocycles. The van der Waals surface area contributed by atoms with E-state index in [1.807, 2.05) is 0 Å². The number of aromatic hydroxyl groups is 1. The molecule has 1 aromatic rings. The molecule has 0 unspecified atom stereocenters. The van der Waals surface area contributed by atoms with Crippen LogP contribution in [0.3, 0.4) is 0 Å². The molecule has 0 aromatic heterocycles. The summed E-state index contributed by atoms with van der Waals surface area (Å²) in [7, 11) is 0. The Kier molecular flexibility index (Phi) is 14.0. The van der Waals surface area contributed by atoms with Gasteiger partial charge in [0, 0.05) is 25.9 Å². The number of hydrogen-bond donors (Lipinski definition) is 9. The van der Waals surface area contributed by atoms with Gasteiger partial charge in [0.25, 0.3) is 0 Å². The van der Waals surface area contributed by atoms with Gasteiger partial charge in [-0.25, -0.2) is 0 Å². The van der Waals surface area contributed by atoms with E-state index < -0.39 is 103 Å². The smallest absolute Gasteiger partial charge is 0.303 e. The van der Waals surface area contributed by atoms with Gasteiger partial charge in [0.05, 0.1) is 25.2 Å². The van der Waals surface area contributed by atoms with E-state index in [0.717, 1.165) is 0 Å². The second-order valence-electron chi connectivity index (χ2n) is 12.2. The molecule has 0 aliphatic carbocycles. The highest BCUT2D eigenvalue weighted by molar-refractivity contribution is 5.96. The third-order valence-corrected chi connectivity index (χ3v) is 8.31. The van der Waals surface area contributed by atoms with Crippen LogP contribution in [0.5, 0.6) is 5.75 Å². The minimum absolute atomic E-state index is 0.0652. The van der Waals surface area contributed by atoms with Gasteiger partial charge in [0.15, 0.2) is 0 Å². The summed E-state index contributed by atoms with van der Waals surface area (Å²) in [5.41, 5.74) is 11.9. The molecular weight excluding hydrogens is 660 g/mol. The number of primary amides is 1. The van der Waals surface area contributed by atoms with E-state index in [1.165, 1.54) is 28.9 Å². The van der Waals surface area contributed by atoms with Gasteiger partial charge in [-0.2, -0.15) is 0 Å². The number of carboxylic acid groups (broad SMARTS) is 1. The molecule has 3 rings (SSSR count). The zero-order valence-corrected chi connectivity index (χ0v) is 27.5. The van der Waals surface area contributed by atoms with Gasteiger partial charge >= 0.3 is 5.97 Å². The van der Waals surface area contributed by atoms with Crippen LogP contribution in [-0.2, 0) is 44.8 Å². The number of aliphatic hydroxyl groups is 1. The van der Waals surface area contributed by atoms with Gasteiger partial charge in [-0.1, -0.05) is 12.1 Å². The summed E-state index contributed by atoms with van der Waals surface area (Å²) in [5, 5.41) is 38.0. The van der Waals surface area contributed by atoms with Gasteiger partial charge in [-0.3, -0.25) is 38.4 Å². The number of phenolic OH excluding ortho intramolecular Hbond substituents is 1. The largest absolute Gasteiger partial charge is 0.508 e. The summed E-state index contributed by atoms with van der Waals surface area (Å²) in [4.78, 5) is 102. The lowest BCUT2D eigenvalue weighted by molar-refractivity contribution is -0.147. The SMILES string of the molecule is C[C@@H](NC(=O)CNC(=O)[C@H]1C[C@@H](O)CN1C(=O)[C@H]1CCCN1C(=O)[C@H](N)Cc1ccc(O)cc1)C(=O)N[C@H](CCC(=O)O)C(=O)NCC(N)=O. The molecule has 0 spiro atoms. The fourth-order valence-electron chi connectivity index (χ4n) is 5.74. The molecule has 2 aliphatic rings. The Bertz CT molecular complexity index is 1460. The predicted octanol–water partition coefficient (Wildman–Crippen LogP) is -4.21. The third kappa shape index (κ3) is 11.1. The fourth-order valence-corrected chi connectivity index (χ4v) is 5.74. The second kappa shape index (κ2) is 17.9. The number of carbonyl (C=O) groups excluding carboxylic acids is 7. The molecule has 50 heavy (non-hydrogen) atoms. The highest BCUT2D eigenvalue weighted by Gasteiger charge is 2.45. The second-order valence-corrected chi connectivity index (χ2v) is 12.2. The Labute approximate surface area is 287 Å². The molecule has 2 aliphatic heterocycles. The minimum Gasteiger partial charge on any atom is -0.508 e. The molecule has 274 valence electrons. The van der Waals surface area contributed by atoms with E-state index in [0.29, 0.717) is 18.4 Å². The van der Waals surface area contributed by atoms with Gasteiger partial charge < -0.3 is 57.9 Å². The molecule has 7 amide bonds. The number of β-amino-alcohol motifs (C(OH)–C–C–N with tert-alkyl or cyclic N) is 1. The van der Waals surface area contributed by atoms with Gasteiger partial charge in [0.1, 0.15) is 29.9 Å². The summed E-state index contributed by atoms with van der Waals surface area (Å²) < 4.78 is 0. The highest BCUT2D eigenvalue weighted by Crippen LogP contribution is 2.26. The maximum Gasteiger partial charge on any atom is 0.303 e. The lowest BCUT2D eigenvalue weighted by Crippen LogP contribution is -2.56. The summed E-state index contributed by atoms with van der Waals surface area (Å²) in [6, 6.07) is 0.602. The van der Waals surface area contributed by atoms with Crippen LogP contribution in [0.4, 0.5) is 0 Å². The number of benzene rings is 1. The average molecular weight is 705 g/mol. The predicted molar refractivity (Wildman–Crippen MR) is 172 cm³/mol. The zero-order chi connectivity index (χ0) is 37.1. The number of nitrogens with one attached hydrogen (secondary N) is 4. The topological polar surface area (TPSA) is 304 Å². The Morgan fingerprint density at radius 2 is 1.62 bits per heavy atom. The Morgan fingerprint density at radius 1 is 0.940 bits per heavy atom. The molecule has 2 fully saturated rings. The molecule has 19 nitrogen and oxygen atoms in total. The number of rotatable bonds is 16. The summed E-state index contributed by atoms with van der Waals surface area (Å²) in [6.07, 6.45) is -0.942. The lowest BCUT2D eigenvalue weighted by atomic mass is 10.0. The molecule has 2 saturated heterocycles. The third-order valence-electron chi connectivity index (χ3n) is 8.31. The molecule has 0 bridgehead atoms. The molecular formula is C31H44N8O11. The van der Waals surface area contributed by atoms with Crippen molar-refractivity contribution < 1.29 is 53.7 Å². The number of likely N-dealkylation sites (tertiary alicyclic amines) is 2. The fraction of sp³-hybridized carbons (Fsp3) is 0.548. The van der Waals surface area contributed by atoms with Crippen LogP contribution in [0, 0.1) is 0 Å². The van der Waals surface area contributed by atoms with E-state index in [2.05, 4.69) is 21.3 Å². The molecule has 6 atom stereocenters. The minimum atomic E-state index is -1.35. The number of phenols is 1. The monoisotopic (exact) mass is 704 g/mol. The van der Waals surface area contributed by atoms with Crippen LogP contribution < -0.4 is 32.7 Å². The first kappa shape index (κ1) is 39.1. The van der Waals surface area contributed by atoms with Crippen molar-refractivity contribution in [3.63, 3.8) is 0 Å². The number of hydrogen-bond acceptors (Lipinski definition) is 11. The molecule has 1 aromatic carbocycles. The summed E-state index contributed by atoms with van der Waals surface area (Å²) in [5.74, 6) is -6.31. The van der Waals surface area contributed by atoms with E-state index in [4.69, 9.17) is 16.6 Å². The van der Waals surface area contributed by atoms with Crippen LogP contribution in [-0.4, -0.2) is 135 Å². The lowest BCUT2D eigenvalue weighted by Gasteiger charge is -2.32. The number of amides is 7. The van der Waals surface area contributed by atoms with Crippen molar-refractivity contribution in [1.29, 1.82) is 0 Å². The van der Waals surface area contributed by atoms with Gasteiger partial charge in [-0.15, -0.1) is 0 Å². The van der Waals surface area contributed by atoms with Crippen LogP contribution >= 0.6 is 0 Å². The summed E-state index contributed by atoms with van der Waals surface area (Å²) >= 11 is 0. The van der Waals surface area contributed by atoms with E-state index in [-0.39, 0.29) is 38.1 Å². The normalized spacial score (nSPS) is 20.3. The highest BCUT2D eigenvalue weighted by atomic mass is 16.4. The van der Waals surface area contributed by atoms with Crippen molar-refractivity contribution in [3.05, 3.63) is 29.8 Å². The Hall–Kier alpha value is -5.30. The molecule has 11 N–H and O–H groups in total. The van der Waals surface area contributed by atoms with E-state index >= 15 is 0 Å². The number of carbonyl (C=O) groups is 8. The first-order valence-electron chi connectivity index (χ1n) is 16.0. The Morgan fingerprint density at radius 3 is 2.26 bits per heavy atom. The maximum atomic E-state index is 13.7. The molecule has 0 radical (unpaired) electrons. The Balaban J connectivity index is 1.55. The van der Waals surface area contributed by atoms with Gasteiger partial charge in [-0.05, 0) is 50.3 Å². The van der Waals surface area contributed by atoms with Crippen LogP contribution in [0.2, 0.25) is 0 Å². The standard InChI is InChI=1S/C31H44N8O11/c1-16(27(46)37-21(8-9-26(44)45)28(47)34-13-24(33)42)36-25(43)14-35-29(48)23-12-19(41)15-39(23)31(50)22-3-2-10-38(22)30(49)20(32)11-17-4-6-18(40)7-5-17/h4-7,16,19-23,40-41H,2-3,8-15,32H2,1H3,(H2,33,42)(H,34,47)(H,35,48)(H,36,43)(H,37,46)(H,44,45)/t16-,19-,20-,21-,22-,23-/m1/s1. The number of carboxylic acids is 1. The van der Waals surface area contributed by atoms with Crippen molar-refractivity contribution in [1.82, 2.24) is 31.1 Å². The van der Waals surface area contributed by atoms with Crippen molar-refractivity contribution >= 4 is 47.3 Å². The van der Waals surface area contributed by atoms with Crippen molar-refractivity contribution in [2.75, 3.05) is 26.2 Å². The number of nitrogens with zero attached hydrogens (tertiary/aromatic N) is 2. The van der Waals surface area contributed by atoms with Crippen molar-refractivity contribution in [3.8, 4) is 5.75 Å². The number of nitrogens with two attached hydrogens (primary N) is 2.